The highest BCUT2D eigenvalue weighted by Gasteiger charge is 2.15. The minimum atomic E-state index is -0.0524. The molecule has 0 aromatic heterocycles. The van der Waals surface area contributed by atoms with E-state index in [1.54, 1.807) is 0 Å². The maximum Gasteiger partial charge on any atom is 0.309 e. The summed E-state index contributed by atoms with van der Waals surface area (Å²) in [4.78, 5) is 27.5. The van der Waals surface area contributed by atoms with Crippen molar-refractivity contribution in [2.24, 2.45) is 5.92 Å². The van der Waals surface area contributed by atoms with E-state index in [0.29, 0.717) is 19.6 Å². The van der Waals surface area contributed by atoms with Gasteiger partial charge in [-0.1, -0.05) is 156 Å². The van der Waals surface area contributed by atoms with Gasteiger partial charge in [-0.3, -0.25) is 9.59 Å². The molecule has 0 radical (unpaired) electrons. The number of thioether (sulfide) groups is 1. The van der Waals surface area contributed by atoms with E-state index in [1.165, 1.54) is 128 Å². The van der Waals surface area contributed by atoms with Gasteiger partial charge in [-0.2, -0.15) is 11.8 Å². The number of aliphatic hydroxyl groups excluding tert-OH is 1. The summed E-state index contributed by atoms with van der Waals surface area (Å²) in [5, 5.41) is 9.57. The molecule has 0 saturated carbocycles. The average molecular weight is 770 g/mol. The molecule has 0 aliphatic carbocycles. The molecule has 316 valence electrons. The number of carbonyl (C=O) groups is 2. The van der Waals surface area contributed by atoms with Gasteiger partial charge in [0.05, 0.1) is 19.1 Å². The third kappa shape index (κ3) is 37.9. The first-order valence-electron chi connectivity index (χ1n) is 23.2. The van der Waals surface area contributed by atoms with Crippen molar-refractivity contribution in [2.75, 3.05) is 44.4 Å². The molecule has 0 aliphatic rings. The van der Waals surface area contributed by atoms with Crippen LogP contribution in [0.4, 0.5) is 0 Å². The van der Waals surface area contributed by atoms with Crippen LogP contribution in [0, 0.1) is 5.92 Å². The van der Waals surface area contributed by atoms with Crippen molar-refractivity contribution in [3.05, 3.63) is 0 Å². The van der Waals surface area contributed by atoms with Gasteiger partial charge in [-0.05, 0) is 83.1 Å². The van der Waals surface area contributed by atoms with E-state index < -0.39 is 0 Å². The summed E-state index contributed by atoms with van der Waals surface area (Å²) in [5.74, 6) is 1.93. The lowest BCUT2D eigenvalue weighted by molar-refractivity contribution is -0.150. The first kappa shape index (κ1) is 52.2. The molecule has 0 saturated heterocycles. The molecule has 0 aromatic carbocycles. The molecule has 0 heterocycles. The Morgan fingerprint density at radius 1 is 0.566 bits per heavy atom. The van der Waals surface area contributed by atoms with E-state index in [9.17, 15) is 14.7 Å². The van der Waals surface area contributed by atoms with Gasteiger partial charge in [0, 0.05) is 18.7 Å². The summed E-state index contributed by atoms with van der Waals surface area (Å²) in [7, 11) is 0. The molecule has 0 spiro atoms. The molecule has 0 bridgehead atoms. The fourth-order valence-electron chi connectivity index (χ4n) is 7.02. The summed E-state index contributed by atoms with van der Waals surface area (Å²) in [6.45, 7) is 12.2. The second-order valence-corrected chi connectivity index (χ2v) is 17.1. The molecular formula is C46H91NO5S. The van der Waals surface area contributed by atoms with E-state index in [1.807, 2.05) is 18.7 Å². The van der Waals surface area contributed by atoms with Gasteiger partial charge in [-0.25, -0.2) is 0 Å². The third-order valence-corrected chi connectivity index (χ3v) is 11.9. The topological polar surface area (TPSA) is 76.1 Å². The van der Waals surface area contributed by atoms with Gasteiger partial charge in [0.25, 0.3) is 0 Å². The lowest BCUT2D eigenvalue weighted by Gasteiger charge is -2.21. The van der Waals surface area contributed by atoms with Crippen LogP contribution >= 0.6 is 11.8 Å². The maximum absolute atomic E-state index is 12.7. The van der Waals surface area contributed by atoms with Gasteiger partial charge >= 0.3 is 11.9 Å². The Morgan fingerprint density at radius 3 is 1.55 bits per heavy atom. The molecule has 0 fully saturated rings. The quantitative estimate of drug-likeness (QED) is 0.0489. The van der Waals surface area contributed by atoms with Crippen molar-refractivity contribution >= 4 is 23.7 Å². The first-order chi connectivity index (χ1) is 26.0. The van der Waals surface area contributed by atoms with Crippen molar-refractivity contribution in [2.45, 2.75) is 233 Å². The second-order valence-electron chi connectivity index (χ2n) is 16.0. The Kier molecular flexibility index (Phi) is 41.7. The second kappa shape index (κ2) is 42.4. The molecule has 1 unspecified atom stereocenters. The number of aliphatic hydroxyl groups is 1. The number of carbonyl (C=O) groups excluding carboxylic acids is 2. The van der Waals surface area contributed by atoms with Crippen LogP contribution in [0.3, 0.4) is 0 Å². The van der Waals surface area contributed by atoms with Crippen molar-refractivity contribution < 1.29 is 24.2 Å². The van der Waals surface area contributed by atoms with E-state index >= 15 is 0 Å². The fourth-order valence-corrected chi connectivity index (χ4v) is 8.08. The van der Waals surface area contributed by atoms with E-state index in [2.05, 4.69) is 25.7 Å². The number of ether oxygens (including phenoxy) is 2. The normalized spacial score (nSPS) is 12.2. The summed E-state index contributed by atoms with van der Waals surface area (Å²) in [6, 6.07) is 0. The van der Waals surface area contributed by atoms with Crippen LogP contribution in [0.5, 0.6) is 0 Å². The Balaban J connectivity index is 3.99. The monoisotopic (exact) mass is 770 g/mol. The molecule has 0 rings (SSSR count). The van der Waals surface area contributed by atoms with Crippen molar-refractivity contribution in [1.82, 2.24) is 4.90 Å². The van der Waals surface area contributed by atoms with E-state index in [-0.39, 0.29) is 30.6 Å². The zero-order valence-corrected chi connectivity index (χ0v) is 36.8. The molecular weight excluding hydrogens is 679 g/mol. The number of nitrogens with zero attached hydrogens (tertiary/aromatic N) is 1. The Morgan fingerprint density at radius 2 is 1.02 bits per heavy atom. The van der Waals surface area contributed by atoms with E-state index in [4.69, 9.17) is 9.47 Å². The van der Waals surface area contributed by atoms with Gasteiger partial charge in [-0.15, -0.1) is 0 Å². The fraction of sp³-hybridized carbons (Fsp3) is 0.957. The summed E-state index contributed by atoms with van der Waals surface area (Å²) < 4.78 is 11.6. The lowest BCUT2D eigenvalue weighted by atomic mass is 10.0. The summed E-state index contributed by atoms with van der Waals surface area (Å²) >= 11 is 1.89. The first-order valence-corrected chi connectivity index (χ1v) is 24.4. The number of rotatable bonds is 43. The molecule has 0 aliphatic heterocycles. The van der Waals surface area contributed by atoms with Crippen molar-refractivity contribution in [3.63, 3.8) is 0 Å². The molecule has 6 nitrogen and oxygen atoms in total. The predicted molar refractivity (Wildman–Crippen MR) is 231 cm³/mol. The largest absolute Gasteiger partial charge is 0.465 e. The lowest BCUT2D eigenvalue weighted by Crippen LogP contribution is -2.29. The SMILES string of the molecule is CCCCCCCCCCSCC(C)C(=O)OCCCCCN(CCO)CCCCCCCC(=O)OC(CCCCCCCC)CCCCCCCC. The Bertz CT molecular complexity index is 752. The van der Waals surface area contributed by atoms with Gasteiger partial charge < -0.3 is 19.5 Å². The molecule has 1 N–H and O–H groups in total. The highest BCUT2D eigenvalue weighted by atomic mass is 32.2. The zero-order chi connectivity index (χ0) is 38.9. The third-order valence-electron chi connectivity index (χ3n) is 10.6. The van der Waals surface area contributed by atoms with Gasteiger partial charge in [0.15, 0.2) is 0 Å². The van der Waals surface area contributed by atoms with Crippen LogP contribution in [0.25, 0.3) is 0 Å². The minimum Gasteiger partial charge on any atom is -0.465 e. The molecule has 0 amide bonds. The van der Waals surface area contributed by atoms with Crippen molar-refractivity contribution in [3.8, 4) is 0 Å². The van der Waals surface area contributed by atoms with Gasteiger partial charge in [0.1, 0.15) is 6.10 Å². The minimum absolute atomic E-state index is 0.00807. The van der Waals surface area contributed by atoms with E-state index in [0.717, 1.165) is 88.8 Å². The zero-order valence-electron chi connectivity index (χ0n) is 36.0. The number of unbranched alkanes of at least 4 members (excludes halogenated alkanes) is 23. The standard InChI is InChI=1S/C46H91NO5S/c1-5-8-11-14-17-18-24-32-41-53-42-43(4)46(50)51-40-31-25-30-37-47(38-39-48)36-29-23-19-22-28-35-45(49)52-44(33-26-20-15-12-9-6-2)34-27-21-16-13-10-7-3/h43-44,48H,5-42H2,1-4H3. The predicted octanol–water partition coefficient (Wildman–Crippen LogP) is 13.3. The highest BCUT2D eigenvalue weighted by Crippen LogP contribution is 2.19. The molecule has 1 atom stereocenters. The van der Waals surface area contributed by atoms with Crippen LogP contribution in [0.2, 0.25) is 0 Å². The average Bonchev–Trinajstić information content (AvgIpc) is 3.15. The Hall–Kier alpha value is -0.790. The Labute approximate surface area is 334 Å². The highest BCUT2D eigenvalue weighted by molar-refractivity contribution is 7.99. The summed E-state index contributed by atoms with van der Waals surface area (Å²) in [6.07, 6.45) is 37.2. The van der Waals surface area contributed by atoms with Crippen LogP contribution in [-0.4, -0.2) is 72.4 Å². The van der Waals surface area contributed by atoms with Crippen LogP contribution < -0.4 is 0 Å². The molecule has 7 heteroatoms. The maximum atomic E-state index is 12.7. The number of esters is 2. The van der Waals surface area contributed by atoms with Crippen molar-refractivity contribution in [1.29, 1.82) is 0 Å². The van der Waals surface area contributed by atoms with Crippen LogP contribution in [-0.2, 0) is 19.1 Å². The van der Waals surface area contributed by atoms with Crippen LogP contribution in [0.1, 0.15) is 227 Å². The van der Waals surface area contributed by atoms with Gasteiger partial charge in [0.2, 0.25) is 0 Å². The summed E-state index contributed by atoms with van der Waals surface area (Å²) in [5.41, 5.74) is 0. The molecule has 53 heavy (non-hydrogen) atoms. The molecule has 0 aromatic rings. The number of hydrogen-bond donors (Lipinski definition) is 1. The number of hydrogen-bond acceptors (Lipinski definition) is 7. The van der Waals surface area contributed by atoms with Crippen LogP contribution in [0.15, 0.2) is 0 Å². The smallest absolute Gasteiger partial charge is 0.309 e.